The fraction of sp³-hybridized carbons (Fsp3) is 0. The van der Waals surface area contributed by atoms with Crippen LogP contribution in [0.25, 0.3) is 12.2 Å². The maximum absolute atomic E-state index is 12.1. The summed E-state index contributed by atoms with van der Waals surface area (Å²) in [5.74, 6) is 0. The predicted molar refractivity (Wildman–Crippen MR) is 171 cm³/mol. The SMILES string of the molecule is O=S(=O)([O-])c1cc(NN=C(C=NO)c2ccccc2)ccc1C=Cc1ccc(NN=C(C=NO)c2ccccc2)cc1S(=O)(=O)[O-].[Na+].[Na+]. The van der Waals surface area contributed by atoms with Crippen LogP contribution in [0.4, 0.5) is 11.4 Å². The molecule has 4 aromatic rings. The van der Waals surface area contributed by atoms with Crippen molar-refractivity contribution >= 4 is 67.6 Å². The second-order valence-electron chi connectivity index (χ2n) is 9.19. The first kappa shape index (κ1) is 40.5. The number of anilines is 2. The third-order valence-electron chi connectivity index (χ3n) is 6.12. The Balaban J connectivity index is 0.00000400. The zero-order valence-corrected chi connectivity index (χ0v) is 31.1. The number of oxime groups is 2. The Morgan fingerprint density at radius 1 is 0.583 bits per heavy atom. The summed E-state index contributed by atoms with van der Waals surface area (Å²) in [4.78, 5) is -1.31. The molecule has 0 aliphatic rings. The van der Waals surface area contributed by atoms with Crippen LogP contribution in [0.2, 0.25) is 0 Å². The van der Waals surface area contributed by atoms with Gasteiger partial charge in [-0.2, -0.15) is 10.2 Å². The molecule has 0 aliphatic heterocycles. The third kappa shape index (κ3) is 11.5. The molecule has 0 heterocycles. The summed E-state index contributed by atoms with van der Waals surface area (Å²) in [6, 6.07) is 24.7. The number of hydrogen-bond acceptors (Lipinski definition) is 14. The van der Waals surface area contributed by atoms with Gasteiger partial charge in [-0.05, 0) is 35.4 Å². The molecule has 0 unspecified atom stereocenters. The first-order valence-corrected chi connectivity index (χ1v) is 15.8. The number of benzene rings is 4. The van der Waals surface area contributed by atoms with Crippen LogP contribution in [0.15, 0.2) is 127 Å². The van der Waals surface area contributed by atoms with E-state index in [1.54, 1.807) is 60.7 Å². The molecule has 0 aromatic heterocycles. The van der Waals surface area contributed by atoms with Gasteiger partial charge in [-0.15, -0.1) is 0 Å². The van der Waals surface area contributed by atoms with E-state index in [4.69, 9.17) is 10.4 Å². The first-order chi connectivity index (χ1) is 22.0. The minimum atomic E-state index is -5.04. The Labute approximate surface area is 320 Å². The van der Waals surface area contributed by atoms with Crippen LogP contribution in [0.5, 0.6) is 0 Å². The molecule has 0 saturated carbocycles. The van der Waals surface area contributed by atoms with Crippen LogP contribution in [0, 0.1) is 0 Å². The Morgan fingerprint density at radius 3 is 1.25 bits per heavy atom. The largest absolute Gasteiger partial charge is 1.00 e. The molecule has 48 heavy (non-hydrogen) atoms. The Hall–Kier alpha value is -3.68. The zero-order chi connectivity index (χ0) is 33.2. The average molecular weight is 707 g/mol. The average Bonchev–Trinajstić information content (AvgIpc) is 3.04. The minimum absolute atomic E-state index is 0. The molecular formula is C30H24N6Na2O8S2. The molecule has 0 fully saturated rings. The maximum atomic E-state index is 12.1. The van der Waals surface area contributed by atoms with E-state index < -0.39 is 30.0 Å². The van der Waals surface area contributed by atoms with Crippen molar-refractivity contribution in [1.82, 2.24) is 0 Å². The molecule has 0 aliphatic carbocycles. The summed E-state index contributed by atoms with van der Waals surface area (Å²) in [5.41, 5.74) is 6.80. The Bertz CT molecular complexity index is 1930. The molecular weight excluding hydrogens is 682 g/mol. The van der Waals surface area contributed by atoms with Gasteiger partial charge in [0.1, 0.15) is 31.7 Å². The maximum Gasteiger partial charge on any atom is 1.00 e. The minimum Gasteiger partial charge on any atom is -0.744 e. The summed E-state index contributed by atoms with van der Waals surface area (Å²) in [5, 5.41) is 32.1. The number of hydrogen-bond donors (Lipinski definition) is 4. The summed E-state index contributed by atoms with van der Waals surface area (Å²) >= 11 is 0. The molecule has 0 spiro atoms. The van der Waals surface area contributed by atoms with Crippen LogP contribution in [0.1, 0.15) is 22.3 Å². The molecule has 0 saturated heterocycles. The van der Waals surface area contributed by atoms with Crippen molar-refractivity contribution in [2.45, 2.75) is 9.79 Å². The van der Waals surface area contributed by atoms with Gasteiger partial charge in [-0.1, -0.05) is 95.3 Å². The summed E-state index contributed by atoms with van der Waals surface area (Å²) in [6.07, 6.45) is 4.47. The smallest absolute Gasteiger partial charge is 0.744 e. The topological polar surface area (TPSA) is 228 Å². The van der Waals surface area contributed by atoms with E-state index in [0.29, 0.717) is 11.1 Å². The second kappa shape index (κ2) is 18.8. The van der Waals surface area contributed by atoms with Gasteiger partial charge in [0.2, 0.25) is 0 Å². The zero-order valence-electron chi connectivity index (χ0n) is 25.5. The van der Waals surface area contributed by atoms with Crippen molar-refractivity contribution in [3.63, 3.8) is 0 Å². The normalized spacial score (nSPS) is 12.5. The van der Waals surface area contributed by atoms with Gasteiger partial charge in [-0.25, -0.2) is 16.8 Å². The molecule has 4 N–H and O–H groups in total. The summed E-state index contributed by atoms with van der Waals surface area (Å²) in [6.45, 7) is 0. The summed E-state index contributed by atoms with van der Waals surface area (Å²) < 4.78 is 72.8. The monoisotopic (exact) mass is 706 g/mol. The van der Waals surface area contributed by atoms with Crippen LogP contribution < -0.4 is 70.0 Å². The van der Waals surface area contributed by atoms with Gasteiger partial charge < -0.3 is 19.5 Å². The van der Waals surface area contributed by atoms with Gasteiger partial charge in [0.25, 0.3) is 0 Å². The molecule has 14 nitrogen and oxygen atoms in total. The van der Waals surface area contributed by atoms with E-state index in [1.807, 2.05) is 0 Å². The van der Waals surface area contributed by atoms with Crippen LogP contribution in [0.3, 0.4) is 0 Å². The van der Waals surface area contributed by atoms with Gasteiger partial charge in [0.05, 0.1) is 33.6 Å². The van der Waals surface area contributed by atoms with Crippen molar-refractivity contribution in [1.29, 1.82) is 0 Å². The second-order valence-corrected chi connectivity index (χ2v) is 11.9. The standard InChI is InChI=1S/C30H26N6O8S2.2Na/c37-31-19-27(21-7-3-1-4-8-21)35-33-25-15-13-23(29(17-25)45(39,40)41)11-12-24-14-16-26(18-30(24)46(42,43)44)34-36-28(20-32-38)22-9-5-2-6-10-22;;/h1-20,33-34,37-38H,(H,39,40,41)(H,42,43,44);;/q;2*+1/p-2. The molecule has 236 valence electrons. The third-order valence-corrected chi connectivity index (χ3v) is 7.90. The number of hydrazone groups is 2. The van der Waals surface area contributed by atoms with Gasteiger partial charge in [0, 0.05) is 11.1 Å². The van der Waals surface area contributed by atoms with Crippen LogP contribution in [-0.4, -0.2) is 60.2 Å². The van der Waals surface area contributed by atoms with Gasteiger partial charge in [0.15, 0.2) is 0 Å². The van der Waals surface area contributed by atoms with Crippen molar-refractivity contribution < 1.29 is 95.5 Å². The fourth-order valence-electron chi connectivity index (χ4n) is 4.01. The van der Waals surface area contributed by atoms with Crippen molar-refractivity contribution in [2.75, 3.05) is 10.9 Å². The van der Waals surface area contributed by atoms with E-state index in [2.05, 4.69) is 31.4 Å². The molecule has 0 radical (unpaired) electrons. The van der Waals surface area contributed by atoms with Crippen LogP contribution >= 0.6 is 0 Å². The van der Waals surface area contributed by atoms with Crippen LogP contribution in [-0.2, 0) is 20.2 Å². The van der Waals surface area contributed by atoms with E-state index in [1.165, 1.54) is 36.4 Å². The first-order valence-electron chi connectivity index (χ1n) is 13.0. The van der Waals surface area contributed by atoms with E-state index in [0.717, 1.165) is 24.6 Å². The van der Waals surface area contributed by atoms with Gasteiger partial charge in [-0.3, -0.25) is 10.9 Å². The van der Waals surface area contributed by atoms with Crippen molar-refractivity contribution in [2.24, 2.45) is 20.5 Å². The molecule has 4 aromatic carbocycles. The number of rotatable bonds is 12. The molecule has 0 atom stereocenters. The van der Waals surface area contributed by atoms with Crippen molar-refractivity contribution in [3.8, 4) is 0 Å². The number of nitrogens with zero attached hydrogens (tertiary/aromatic N) is 4. The van der Waals surface area contributed by atoms with E-state index in [9.17, 15) is 25.9 Å². The van der Waals surface area contributed by atoms with Gasteiger partial charge >= 0.3 is 59.1 Å². The molecule has 0 amide bonds. The van der Waals surface area contributed by atoms with Crippen molar-refractivity contribution in [3.05, 3.63) is 119 Å². The molecule has 0 bridgehead atoms. The summed E-state index contributed by atoms with van der Waals surface area (Å²) in [7, 11) is -10.1. The Morgan fingerprint density at radius 2 is 0.938 bits per heavy atom. The van der Waals surface area contributed by atoms with E-state index in [-0.39, 0.29) is 93.0 Å². The predicted octanol–water partition coefficient (Wildman–Crippen LogP) is -1.77. The number of nitrogens with one attached hydrogen (secondary N) is 2. The Kier molecular flexibility index (Phi) is 15.8. The quantitative estimate of drug-likeness (QED) is 0.0324. The molecule has 4 rings (SSSR count). The fourth-order valence-corrected chi connectivity index (χ4v) is 5.40. The molecule has 18 heteroatoms. The van der Waals surface area contributed by atoms with E-state index >= 15 is 0 Å².